The fourth-order valence-electron chi connectivity index (χ4n) is 12.6. The van der Waals surface area contributed by atoms with E-state index in [0.717, 1.165) is 48.7 Å². The van der Waals surface area contributed by atoms with Crippen molar-refractivity contribution < 1.29 is 18.8 Å². The second kappa shape index (κ2) is 12.1. The number of carbonyl (C=O) groups excluding carboxylic acids is 2. The summed E-state index contributed by atoms with van der Waals surface area (Å²) < 4.78 is 7.28. The van der Waals surface area contributed by atoms with Crippen LogP contribution in [0.4, 0.5) is 0 Å². The minimum Gasteiger partial charge on any atom is -0.461 e. The molecule has 0 spiro atoms. The van der Waals surface area contributed by atoms with Crippen LogP contribution < -0.4 is 0 Å². The number of hydrogen-bond donors (Lipinski definition) is 0. The van der Waals surface area contributed by atoms with Crippen molar-refractivity contribution >= 4 is 11.8 Å². The standard InChI is InChI=1S/C37H63N2O3/c1-6-14-33(41)35-32(39(5)21-12-7-8-13-22-39)24-30-28-16-15-27-23-34(42-26(2)40)31(38-19-10-9-11-20-38)25-37(27,4)29(28)17-18-36(30,35)3/h27-32,34-35H,6-25H2,1-5H3/q+1/t27-,28+,29-,30-,31-,32-,34?,35+,36-,37-/m0/s1. The zero-order chi connectivity index (χ0) is 29.7. The molecule has 2 saturated heterocycles. The third kappa shape index (κ3) is 5.33. The van der Waals surface area contributed by atoms with E-state index in [1.165, 1.54) is 96.6 Å². The minimum atomic E-state index is -0.0994. The lowest BCUT2D eigenvalue weighted by molar-refractivity contribution is -0.934. The summed E-state index contributed by atoms with van der Waals surface area (Å²) in [5, 5.41) is 0. The monoisotopic (exact) mass is 583 g/mol. The zero-order valence-corrected chi connectivity index (χ0v) is 27.9. The van der Waals surface area contributed by atoms with Crippen molar-refractivity contribution in [2.75, 3.05) is 33.2 Å². The molecule has 2 heterocycles. The summed E-state index contributed by atoms with van der Waals surface area (Å²) in [6.07, 6.45) is 19.7. The van der Waals surface area contributed by atoms with Gasteiger partial charge in [0.15, 0.2) is 0 Å². The third-order valence-electron chi connectivity index (χ3n) is 14.6. The summed E-state index contributed by atoms with van der Waals surface area (Å²) in [7, 11) is 2.54. The molecule has 0 bridgehead atoms. The van der Waals surface area contributed by atoms with Crippen molar-refractivity contribution in [1.29, 1.82) is 0 Å². The average Bonchev–Trinajstić information content (AvgIpc) is 3.12. The van der Waals surface area contributed by atoms with Crippen LogP contribution in [0.15, 0.2) is 0 Å². The zero-order valence-electron chi connectivity index (χ0n) is 27.9. The van der Waals surface area contributed by atoms with Gasteiger partial charge in [-0.25, -0.2) is 0 Å². The predicted molar refractivity (Wildman–Crippen MR) is 169 cm³/mol. The molecule has 5 heteroatoms. The van der Waals surface area contributed by atoms with Crippen molar-refractivity contribution in [3.8, 4) is 0 Å². The van der Waals surface area contributed by atoms with Gasteiger partial charge in [-0.2, -0.15) is 0 Å². The van der Waals surface area contributed by atoms with Gasteiger partial charge in [-0.15, -0.1) is 0 Å². The van der Waals surface area contributed by atoms with E-state index in [1.807, 2.05) is 0 Å². The number of nitrogens with zero attached hydrogens (tertiary/aromatic N) is 2. The lowest BCUT2D eigenvalue weighted by Gasteiger charge is -2.62. The fourth-order valence-corrected chi connectivity index (χ4v) is 12.6. The van der Waals surface area contributed by atoms with Crippen molar-refractivity contribution in [2.24, 2.45) is 40.4 Å². The van der Waals surface area contributed by atoms with Crippen LogP contribution in [-0.4, -0.2) is 72.5 Å². The maximum Gasteiger partial charge on any atom is 0.302 e. The predicted octanol–water partition coefficient (Wildman–Crippen LogP) is 7.41. The molecule has 42 heavy (non-hydrogen) atoms. The largest absolute Gasteiger partial charge is 0.461 e. The van der Waals surface area contributed by atoms with Crippen LogP contribution >= 0.6 is 0 Å². The maximum absolute atomic E-state index is 14.1. The highest BCUT2D eigenvalue weighted by molar-refractivity contribution is 5.83. The van der Waals surface area contributed by atoms with Crippen LogP contribution in [0.25, 0.3) is 0 Å². The molecule has 238 valence electrons. The van der Waals surface area contributed by atoms with Crippen LogP contribution in [0.2, 0.25) is 0 Å². The number of ketones is 1. The van der Waals surface area contributed by atoms with Gasteiger partial charge in [-0.3, -0.25) is 14.5 Å². The molecule has 4 aliphatic carbocycles. The van der Waals surface area contributed by atoms with Crippen LogP contribution in [0, 0.1) is 40.4 Å². The maximum atomic E-state index is 14.1. The second-order valence-electron chi connectivity index (χ2n) is 16.8. The Morgan fingerprint density at radius 3 is 2.24 bits per heavy atom. The molecule has 0 aromatic carbocycles. The topological polar surface area (TPSA) is 46.6 Å². The van der Waals surface area contributed by atoms with E-state index < -0.39 is 0 Å². The van der Waals surface area contributed by atoms with E-state index in [4.69, 9.17) is 4.74 Å². The Balaban J connectivity index is 1.30. The number of esters is 1. The fraction of sp³-hybridized carbons (Fsp3) is 0.946. The van der Waals surface area contributed by atoms with Crippen molar-refractivity contribution in [3.05, 3.63) is 0 Å². The van der Waals surface area contributed by atoms with Gasteiger partial charge in [0, 0.05) is 25.8 Å². The molecule has 5 nitrogen and oxygen atoms in total. The Morgan fingerprint density at radius 2 is 1.57 bits per heavy atom. The van der Waals surface area contributed by atoms with Gasteiger partial charge >= 0.3 is 5.97 Å². The highest BCUT2D eigenvalue weighted by Gasteiger charge is 2.67. The number of Topliss-reactive ketones (excluding diaryl/α,β-unsaturated/α-hetero) is 1. The first kappa shape index (κ1) is 31.1. The Kier molecular flexibility index (Phi) is 8.95. The molecular formula is C37H63N2O3+. The van der Waals surface area contributed by atoms with Crippen LogP contribution in [-0.2, 0) is 14.3 Å². The number of likely N-dealkylation sites (tertiary alicyclic amines) is 2. The minimum absolute atomic E-state index is 0.0588. The number of ether oxygens (including phenoxy) is 1. The van der Waals surface area contributed by atoms with Gasteiger partial charge in [0.05, 0.1) is 32.1 Å². The molecule has 4 saturated carbocycles. The Labute approximate surface area is 257 Å². The summed E-state index contributed by atoms with van der Waals surface area (Å²) in [6, 6.07) is 0.890. The number of hydrogen-bond acceptors (Lipinski definition) is 4. The van der Waals surface area contributed by atoms with Crippen molar-refractivity contribution in [3.63, 3.8) is 0 Å². The highest BCUT2D eigenvalue weighted by atomic mass is 16.5. The van der Waals surface area contributed by atoms with Crippen molar-refractivity contribution in [1.82, 2.24) is 4.90 Å². The SMILES string of the molecule is CCCC(=O)[C@H]1[C@@H]([N+]2(C)CCCCCC2)C[C@H]2[C@@H]3CC[C@H]4CC(OC(C)=O)[C@@H](N5CCCCC5)C[C@]4(C)[C@H]3CC[C@@]21C. The normalized spacial score (nSPS) is 45.6. The lowest BCUT2D eigenvalue weighted by atomic mass is 9.44. The number of piperidine rings is 1. The number of fused-ring (bicyclic) bond motifs is 5. The van der Waals surface area contributed by atoms with Gasteiger partial charge in [0.1, 0.15) is 11.9 Å². The molecule has 2 aliphatic heterocycles. The Bertz CT molecular complexity index is 983. The first-order chi connectivity index (χ1) is 20.1. The van der Waals surface area contributed by atoms with Gasteiger partial charge in [-0.1, -0.05) is 27.2 Å². The smallest absolute Gasteiger partial charge is 0.302 e. The van der Waals surface area contributed by atoms with Gasteiger partial charge in [0.25, 0.3) is 0 Å². The summed E-state index contributed by atoms with van der Waals surface area (Å²) in [5.41, 5.74) is 0.473. The van der Waals surface area contributed by atoms with E-state index in [9.17, 15) is 9.59 Å². The Morgan fingerprint density at radius 1 is 0.881 bits per heavy atom. The van der Waals surface area contributed by atoms with Crippen LogP contribution in [0.3, 0.4) is 0 Å². The van der Waals surface area contributed by atoms with Gasteiger partial charge < -0.3 is 9.22 Å². The molecule has 6 fully saturated rings. The number of quaternary nitrogens is 1. The molecule has 1 unspecified atom stereocenters. The first-order valence-electron chi connectivity index (χ1n) is 18.4. The van der Waals surface area contributed by atoms with E-state index in [0.29, 0.717) is 35.1 Å². The van der Waals surface area contributed by atoms with Gasteiger partial charge in [0.2, 0.25) is 0 Å². The highest BCUT2D eigenvalue weighted by Crippen LogP contribution is 2.68. The third-order valence-corrected chi connectivity index (χ3v) is 14.6. The van der Waals surface area contributed by atoms with Crippen molar-refractivity contribution in [2.45, 2.75) is 149 Å². The summed E-state index contributed by atoms with van der Waals surface area (Å²) >= 11 is 0. The second-order valence-corrected chi connectivity index (χ2v) is 16.8. The summed E-state index contributed by atoms with van der Waals surface area (Å²) in [5.74, 6) is 3.57. The first-order valence-corrected chi connectivity index (χ1v) is 18.4. The molecule has 0 amide bonds. The van der Waals surface area contributed by atoms with Gasteiger partial charge in [-0.05, 0) is 131 Å². The molecule has 0 aromatic rings. The summed E-state index contributed by atoms with van der Waals surface area (Å²) in [4.78, 5) is 29.1. The number of rotatable bonds is 6. The average molecular weight is 584 g/mol. The van der Waals surface area contributed by atoms with E-state index in [-0.39, 0.29) is 23.4 Å². The van der Waals surface area contributed by atoms with E-state index >= 15 is 0 Å². The molecule has 0 radical (unpaired) electrons. The molecule has 0 aromatic heterocycles. The molecule has 6 rings (SSSR count). The lowest BCUT2D eigenvalue weighted by Crippen LogP contribution is -2.61. The molecular weight excluding hydrogens is 520 g/mol. The van der Waals surface area contributed by atoms with Crippen LogP contribution in [0.5, 0.6) is 0 Å². The quantitative estimate of drug-likeness (QED) is 0.241. The Hall–Kier alpha value is -0.940. The molecule has 0 N–H and O–H groups in total. The van der Waals surface area contributed by atoms with E-state index in [2.05, 4.69) is 32.7 Å². The molecule has 6 aliphatic rings. The molecule has 10 atom stereocenters. The summed E-state index contributed by atoms with van der Waals surface area (Å²) in [6.45, 7) is 13.9. The van der Waals surface area contributed by atoms with E-state index in [1.54, 1.807) is 6.92 Å². The van der Waals surface area contributed by atoms with Crippen LogP contribution in [0.1, 0.15) is 130 Å². The number of carbonyl (C=O) groups is 2.